The zero-order valence-corrected chi connectivity index (χ0v) is 24.9. The summed E-state index contributed by atoms with van der Waals surface area (Å²) in [5.41, 5.74) is 2.04. The lowest BCUT2D eigenvalue weighted by Crippen LogP contribution is -2.63. The normalized spacial score (nSPS) is 42.8. The van der Waals surface area contributed by atoms with E-state index in [9.17, 15) is 0 Å². The Hall–Kier alpha value is -0.843. The average molecular weight is 499 g/mol. The molecule has 3 saturated carbocycles. The summed E-state index contributed by atoms with van der Waals surface area (Å²) in [5, 5.41) is 1.18. The predicted molar refractivity (Wildman–Crippen MR) is 147 cm³/mol. The van der Waals surface area contributed by atoms with Gasteiger partial charge in [-0.1, -0.05) is 65.9 Å². The van der Waals surface area contributed by atoms with E-state index in [1.807, 2.05) is 6.26 Å². The molecule has 0 unspecified atom stereocenters. The van der Waals surface area contributed by atoms with Crippen LogP contribution in [0.2, 0.25) is 19.6 Å². The lowest BCUT2D eigenvalue weighted by molar-refractivity contribution is -0.229. The molecule has 5 rings (SSSR count). The molecule has 2 heterocycles. The summed E-state index contributed by atoms with van der Waals surface area (Å²) in [6, 6.07) is 2.27. The first-order chi connectivity index (χ1) is 16.1. The van der Waals surface area contributed by atoms with Crippen molar-refractivity contribution in [3.63, 3.8) is 0 Å². The van der Waals surface area contributed by atoms with E-state index in [0.29, 0.717) is 23.4 Å². The Bertz CT molecular complexity index is 984. The Morgan fingerprint density at radius 2 is 1.60 bits per heavy atom. The van der Waals surface area contributed by atoms with Crippen LogP contribution in [0.4, 0.5) is 0 Å². The topological polar surface area (TPSA) is 31.6 Å². The molecule has 1 spiro atoms. The molecule has 0 aromatic carbocycles. The zero-order chi connectivity index (χ0) is 25.5. The van der Waals surface area contributed by atoms with Gasteiger partial charge in [-0.15, -0.1) is 0 Å². The Labute approximate surface area is 215 Å². The van der Waals surface area contributed by atoms with Gasteiger partial charge < -0.3 is 13.9 Å². The van der Waals surface area contributed by atoms with E-state index < -0.39 is 13.9 Å². The predicted octanol–water partition coefficient (Wildman–Crippen LogP) is 8.02. The van der Waals surface area contributed by atoms with Crippen LogP contribution < -0.4 is 5.38 Å². The van der Waals surface area contributed by atoms with E-state index in [1.54, 1.807) is 0 Å². The third-order valence-electron chi connectivity index (χ3n) is 10.9. The second kappa shape index (κ2) is 8.08. The van der Waals surface area contributed by atoms with E-state index in [4.69, 9.17) is 13.9 Å². The number of furan rings is 1. The van der Waals surface area contributed by atoms with E-state index in [0.717, 1.165) is 18.3 Å². The molecule has 3 aliphatic carbocycles. The molecule has 1 aromatic rings. The van der Waals surface area contributed by atoms with Crippen LogP contribution in [0.25, 0.3) is 6.08 Å². The first kappa shape index (κ1) is 25.8. The van der Waals surface area contributed by atoms with Crippen LogP contribution in [-0.4, -0.2) is 26.1 Å². The highest BCUT2D eigenvalue weighted by atomic mass is 28.3. The zero-order valence-electron chi connectivity index (χ0n) is 23.9. The fourth-order valence-corrected chi connectivity index (χ4v) is 10.4. The highest BCUT2D eigenvalue weighted by Gasteiger charge is 2.66. The standard InChI is InChI=1S/C31H50O3Si/c1-27(2)15-10-16-29(5)23(27)13-17-30(6)24(29)14-18-31(21-33-28(3,4)34-31)25(30)12-11-22-19-26(32-20-22)35(7,8)9/h11-12,19-20,23-25H,10,13-18,21H2,1-9H3/b12-11+/t23-,24+,25-,29-,30+,31+/m0/s1. The summed E-state index contributed by atoms with van der Waals surface area (Å²) in [4.78, 5) is 0. The van der Waals surface area contributed by atoms with Gasteiger partial charge in [0, 0.05) is 11.5 Å². The second-order valence-electron chi connectivity index (χ2n) is 15.2. The van der Waals surface area contributed by atoms with Gasteiger partial charge in [0.05, 0.1) is 18.3 Å². The first-order valence-corrected chi connectivity index (χ1v) is 17.7. The summed E-state index contributed by atoms with van der Waals surface area (Å²) < 4.78 is 19.2. The molecule has 1 aliphatic heterocycles. The fraction of sp³-hybridized carbons (Fsp3) is 0.806. The first-order valence-electron chi connectivity index (χ1n) is 14.2. The summed E-state index contributed by atoms with van der Waals surface area (Å²) >= 11 is 0. The van der Waals surface area contributed by atoms with Crippen molar-refractivity contribution in [3.05, 3.63) is 24.0 Å². The van der Waals surface area contributed by atoms with Crippen molar-refractivity contribution in [1.82, 2.24) is 0 Å². The van der Waals surface area contributed by atoms with Crippen molar-refractivity contribution >= 4 is 19.5 Å². The number of hydrogen-bond acceptors (Lipinski definition) is 3. The van der Waals surface area contributed by atoms with Crippen LogP contribution in [0, 0.1) is 34.0 Å². The average Bonchev–Trinajstić information content (AvgIpc) is 3.31. The maximum atomic E-state index is 6.87. The minimum atomic E-state index is -1.46. The number of fused-ring (bicyclic) bond motifs is 3. The van der Waals surface area contributed by atoms with E-state index >= 15 is 0 Å². The van der Waals surface area contributed by atoms with Crippen LogP contribution >= 0.6 is 0 Å². The molecule has 0 radical (unpaired) electrons. The van der Waals surface area contributed by atoms with Crippen molar-refractivity contribution in [2.45, 2.75) is 118 Å². The summed E-state index contributed by atoms with van der Waals surface area (Å²) in [7, 11) is -1.46. The van der Waals surface area contributed by atoms with Gasteiger partial charge in [-0.2, -0.15) is 0 Å². The SMILES string of the molecule is CC1(C)OC[C@@]2(CC[C@H]3[C@@](C)(CC[C@H]4C(C)(C)CCC[C@]34C)[C@@H]2/C=C/c2coc([Si](C)(C)C)c2)O1. The molecule has 4 heteroatoms. The van der Waals surface area contributed by atoms with Crippen molar-refractivity contribution < 1.29 is 13.9 Å². The van der Waals surface area contributed by atoms with Gasteiger partial charge in [-0.05, 0) is 86.5 Å². The van der Waals surface area contributed by atoms with Gasteiger partial charge in [0.25, 0.3) is 0 Å². The second-order valence-corrected chi connectivity index (χ2v) is 20.2. The fourth-order valence-electron chi connectivity index (χ4n) is 9.42. The van der Waals surface area contributed by atoms with Gasteiger partial charge >= 0.3 is 0 Å². The summed E-state index contributed by atoms with van der Waals surface area (Å²) in [6.07, 6.45) is 15.9. The van der Waals surface area contributed by atoms with Crippen LogP contribution in [0.5, 0.6) is 0 Å². The Balaban J connectivity index is 1.54. The van der Waals surface area contributed by atoms with Crippen LogP contribution in [0.3, 0.4) is 0 Å². The molecule has 35 heavy (non-hydrogen) atoms. The Kier molecular flexibility index (Phi) is 5.95. The van der Waals surface area contributed by atoms with Crippen LogP contribution in [0.1, 0.15) is 92.1 Å². The Morgan fingerprint density at radius 3 is 2.23 bits per heavy atom. The Morgan fingerprint density at radius 1 is 0.886 bits per heavy atom. The number of ether oxygens (including phenoxy) is 2. The van der Waals surface area contributed by atoms with Crippen LogP contribution in [-0.2, 0) is 9.47 Å². The van der Waals surface area contributed by atoms with E-state index in [-0.39, 0.29) is 11.0 Å². The molecule has 1 saturated heterocycles. The third kappa shape index (κ3) is 4.14. The smallest absolute Gasteiger partial charge is 0.163 e. The molecule has 3 nitrogen and oxygen atoms in total. The monoisotopic (exact) mass is 498 g/mol. The molecule has 196 valence electrons. The van der Waals surface area contributed by atoms with Crippen molar-refractivity contribution in [1.29, 1.82) is 0 Å². The highest BCUT2D eigenvalue weighted by Crippen LogP contribution is 2.70. The van der Waals surface area contributed by atoms with Crippen LogP contribution in [0.15, 0.2) is 22.8 Å². The minimum Gasteiger partial charge on any atom is -0.474 e. The van der Waals surface area contributed by atoms with Crippen molar-refractivity contribution in [2.75, 3.05) is 6.61 Å². The van der Waals surface area contributed by atoms with Gasteiger partial charge in [0.2, 0.25) is 0 Å². The lowest BCUT2D eigenvalue weighted by atomic mass is 9.38. The van der Waals surface area contributed by atoms with Gasteiger partial charge in [-0.3, -0.25) is 0 Å². The van der Waals surface area contributed by atoms with Crippen molar-refractivity contribution in [2.24, 2.45) is 34.0 Å². The maximum Gasteiger partial charge on any atom is 0.163 e. The van der Waals surface area contributed by atoms with Gasteiger partial charge in [0.15, 0.2) is 5.79 Å². The molecule has 0 N–H and O–H groups in total. The minimum absolute atomic E-state index is 0.211. The maximum absolute atomic E-state index is 6.87. The molecule has 6 atom stereocenters. The van der Waals surface area contributed by atoms with E-state index in [2.05, 4.69) is 79.4 Å². The molecule has 0 bridgehead atoms. The summed E-state index contributed by atoms with van der Waals surface area (Å²) in [6.45, 7) is 22.3. The van der Waals surface area contributed by atoms with Gasteiger partial charge in [-0.25, -0.2) is 0 Å². The molecular formula is C31H50O3Si. The highest BCUT2D eigenvalue weighted by molar-refractivity contribution is 6.87. The number of hydrogen-bond donors (Lipinski definition) is 0. The molecule has 4 fully saturated rings. The molecule has 4 aliphatic rings. The van der Waals surface area contributed by atoms with Gasteiger partial charge in [0.1, 0.15) is 13.7 Å². The third-order valence-corrected chi connectivity index (χ3v) is 12.7. The molecular weight excluding hydrogens is 448 g/mol. The largest absolute Gasteiger partial charge is 0.474 e. The van der Waals surface area contributed by atoms with Crippen molar-refractivity contribution in [3.8, 4) is 0 Å². The van der Waals surface area contributed by atoms with E-state index in [1.165, 1.54) is 49.5 Å². The summed E-state index contributed by atoms with van der Waals surface area (Å²) in [5.74, 6) is 1.38. The molecule has 0 amide bonds. The quantitative estimate of drug-likeness (QED) is 0.395. The number of rotatable bonds is 3. The lowest BCUT2D eigenvalue weighted by Gasteiger charge is -2.67. The molecule has 1 aromatic heterocycles.